The van der Waals surface area contributed by atoms with Gasteiger partial charge in [-0.15, -0.1) is 0 Å². The van der Waals surface area contributed by atoms with Crippen LogP contribution in [0.25, 0.3) is 0 Å². The summed E-state index contributed by atoms with van der Waals surface area (Å²) in [6, 6.07) is 2.89. The van der Waals surface area contributed by atoms with E-state index in [4.69, 9.17) is 0 Å². The van der Waals surface area contributed by atoms with E-state index in [0.717, 1.165) is 17.8 Å². The summed E-state index contributed by atoms with van der Waals surface area (Å²) in [5.74, 6) is 2.46. The second-order valence-corrected chi connectivity index (χ2v) is 11.1. The molecule has 0 saturated heterocycles. The molecule has 0 aromatic carbocycles. The Labute approximate surface area is 109 Å². The third-order valence-corrected chi connectivity index (χ3v) is 9.10. The molecule has 1 heterocycles. The van der Waals surface area contributed by atoms with Crippen molar-refractivity contribution in [3.63, 3.8) is 0 Å². The van der Waals surface area contributed by atoms with Crippen LogP contribution in [-0.4, -0.2) is 8.07 Å². The van der Waals surface area contributed by atoms with Gasteiger partial charge in [0.2, 0.25) is 0 Å². The lowest BCUT2D eigenvalue weighted by molar-refractivity contribution is 0.641. The van der Waals surface area contributed by atoms with Gasteiger partial charge in [-0.3, -0.25) is 0 Å². The highest BCUT2D eigenvalue weighted by Crippen LogP contribution is 2.38. The van der Waals surface area contributed by atoms with Crippen LogP contribution in [0.1, 0.15) is 48.0 Å². The van der Waals surface area contributed by atoms with Crippen molar-refractivity contribution in [3.05, 3.63) is 23.0 Å². The van der Waals surface area contributed by atoms with E-state index < -0.39 is 8.07 Å². The smallest absolute Gasteiger partial charge is 0.0901 e. The SMILES string of the molecule is CC(C)CC1=CC=C[Si]1(CC(C)C)CC(C)C. The molecule has 98 valence electrons. The Balaban J connectivity index is 2.88. The lowest BCUT2D eigenvalue weighted by atomic mass is 10.1. The molecule has 1 aliphatic rings. The van der Waals surface area contributed by atoms with Gasteiger partial charge in [-0.2, -0.15) is 0 Å². The van der Waals surface area contributed by atoms with E-state index in [2.05, 4.69) is 59.4 Å². The van der Waals surface area contributed by atoms with Crippen molar-refractivity contribution in [1.29, 1.82) is 0 Å². The van der Waals surface area contributed by atoms with Gasteiger partial charge < -0.3 is 0 Å². The third kappa shape index (κ3) is 4.13. The first kappa shape index (κ1) is 14.8. The van der Waals surface area contributed by atoms with Crippen molar-refractivity contribution in [1.82, 2.24) is 0 Å². The zero-order valence-corrected chi connectivity index (χ0v) is 13.6. The molecule has 0 atom stereocenters. The molecule has 0 nitrogen and oxygen atoms in total. The summed E-state index contributed by atoms with van der Waals surface area (Å²) in [6.45, 7) is 14.2. The zero-order chi connectivity index (χ0) is 13.1. The second-order valence-electron chi connectivity index (χ2n) is 7.00. The summed E-state index contributed by atoms with van der Waals surface area (Å²) in [5, 5.41) is 1.81. The molecule has 0 radical (unpaired) electrons. The fourth-order valence-electron chi connectivity index (χ4n) is 3.27. The molecule has 0 saturated carbocycles. The maximum Gasteiger partial charge on any atom is 0.106 e. The minimum atomic E-state index is -1.27. The Hall–Kier alpha value is -0.303. The van der Waals surface area contributed by atoms with Crippen molar-refractivity contribution >= 4 is 8.07 Å². The maximum atomic E-state index is 2.62. The van der Waals surface area contributed by atoms with Crippen LogP contribution in [0.15, 0.2) is 23.0 Å². The largest absolute Gasteiger partial charge is 0.106 e. The summed E-state index contributed by atoms with van der Waals surface area (Å²) >= 11 is 0. The van der Waals surface area contributed by atoms with Gasteiger partial charge in [-0.25, -0.2) is 0 Å². The van der Waals surface area contributed by atoms with Crippen LogP contribution in [0.4, 0.5) is 0 Å². The van der Waals surface area contributed by atoms with Crippen LogP contribution in [0.3, 0.4) is 0 Å². The van der Waals surface area contributed by atoms with E-state index in [1.165, 1.54) is 18.5 Å². The molecule has 0 unspecified atom stereocenters. The van der Waals surface area contributed by atoms with Gasteiger partial charge >= 0.3 is 0 Å². The summed E-state index contributed by atoms with van der Waals surface area (Å²) in [4.78, 5) is 0. The van der Waals surface area contributed by atoms with Crippen molar-refractivity contribution in [2.75, 3.05) is 0 Å². The van der Waals surface area contributed by atoms with E-state index in [1.54, 1.807) is 0 Å². The van der Waals surface area contributed by atoms with Gasteiger partial charge in [0.1, 0.15) is 8.07 Å². The fraction of sp³-hybridized carbons (Fsp3) is 0.750. The first-order chi connectivity index (χ1) is 7.85. The quantitative estimate of drug-likeness (QED) is 0.556. The topological polar surface area (TPSA) is 0 Å². The van der Waals surface area contributed by atoms with E-state index >= 15 is 0 Å². The summed E-state index contributed by atoms with van der Waals surface area (Å²) in [6.07, 6.45) is 6.12. The normalized spacial score (nSPS) is 18.5. The van der Waals surface area contributed by atoms with Crippen LogP contribution in [0, 0.1) is 17.8 Å². The van der Waals surface area contributed by atoms with Gasteiger partial charge in [0.15, 0.2) is 0 Å². The molecular weight excluding hydrogens is 220 g/mol. The monoisotopic (exact) mass is 250 g/mol. The van der Waals surface area contributed by atoms with E-state index in [9.17, 15) is 0 Å². The minimum absolute atomic E-state index is 0.798. The predicted molar refractivity (Wildman–Crippen MR) is 81.7 cm³/mol. The average molecular weight is 251 g/mol. The van der Waals surface area contributed by atoms with Crippen LogP contribution in [0.5, 0.6) is 0 Å². The molecule has 17 heavy (non-hydrogen) atoms. The fourth-order valence-corrected chi connectivity index (χ4v) is 9.07. The van der Waals surface area contributed by atoms with E-state index in [-0.39, 0.29) is 0 Å². The number of hydrogen-bond donors (Lipinski definition) is 0. The average Bonchev–Trinajstić information content (AvgIpc) is 2.45. The van der Waals surface area contributed by atoms with Crippen LogP contribution in [-0.2, 0) is 0 Å². The molecule has 0 spiro atoms. The van der Waals surface area contributed by atoms with Gasteiger partial charge in [0, 0.05) is 0 Å². The lowest BCUT2D eigenvalue weighted by Gasteiger charge is -2.33. The highest BCUT2D eigenvalue weighted by atomic mass is 28.3. The summed E-state index contributed by atoms with van der Waals surface area (Å²) in [7, 11) is -1.27. The molecule has 0 fully saturated rings. The lowest BCUT2D eigenvalue weighted by Crippen LogP contribution is -2.37. The molecule has 1 aliphatic heterocycles. The van der Waals surface area contributed by atoms with Gasteiger partial charge in [0.05, 0.1) is 0 Å². The molecule has 1 rings (SSSR count). The standard InChI is InChI=1S/C16H30Si/c1-13(2)10-16-8-7-9-17(16,11-14(3)4)12-15(5)6/h7-9,13-15H,10-12H2,1-6H3. The van der Waals surface area contributed by atoms with E-state index in [0.29, 0.717) is 0 Å². The Bertz CT molecular complexity index is 285. The first-order valence-electron chi connectivity index (χ1n) is 7.24. The highest BCUT2D eigenvalue weighted by Gasteiger charge is 2.37. The molecule has 0 amide bonds. The predicted octanol–water partition coefficient (Wildman–Crippen LogP) is 5.37. The van der Waals surface area contributed by atoms with Crippen molar-refractivity contribution in [2.24, 2.45) is 17.8 Å². The minimum Gasteiger partial charge on any atom is -0.0901 e. The molecule has 0 aromatic heterocycles. The maximum absolute atomic E-state index is 2.62. The number of allylic oxidation sites excluding steroid dienone is 3. The number of hydrogen-bond acceptors (Lipinski definition) is 0. The van der Waals surface area contributed by atoms with Crippen molar-refractivity contribution < 1.29 is 0 Å². The second kappa shape index (κ2) is 6.04. The highest BCUT2D eigenvalue weighted by molar-refractivity contribution is 6.91. The van der Waals surface area contributed by atoms with Gasteiger partial charge in [-0.05, 0) is 36.3 Å². The molecule has 1 heteroatoms. The molecule has 0 bridgehead atoms. The van der Waals surface area contributed by atoms with Crippen LogP contribution in [0.2, 0.25) is 12.1 Å². The Morgan fingerprint density at radius 3 is 1.82 bits per heavy atom. The van der Waals surface area contributed by atoms with Gasteiger partial charge in [0.25, 0.3) is 0 Å². The first-order valence-corrected chi connectivity index (χ1v) is 9.74. The molecule has 0 N–H and O–H groups in total. The van der Waals surface area contributed by atoms with Crippen LogP contribution >= 0.6 is 0 Å². The Morgan fingerprint density at radius 1 is 0.882 bits per heavy atom. The van der Waals surface area contributed by atoms with E-state index in [1.807, 2.05) is 5.20 Å². The molecular formula is C16H30Si. The van der Waals surface area contributed by atoms with Crippen molar-refractivity contribution in [2.45, 2.75) is 60.1 Å². The zero-order valence-electron chi connectivity index (χ0n) is 12.6. The Kier molecular flexibility index (Phi) is 5.24. The van der Waals surface area contributed by atoms with Crippen LogP contribution < -0.4 is 0 Å². The van der Waals surface area contributed by atoms with Gasteiger partial charge in [-0.1, -0.05) is 64.6 Å². The molecule has 0 aromatic rings. The third-order valence-electron chi connectivity index (χ3n) is 3.53. The Morgan fingerprint density at radius 2 is 1.41 bits per heavy atom. The summed E-state index contributed by atoms with van der Waals surface area (Å²) in [5.41, 5.74) is 2.62. The number of rotatable bonds is 6. The summed E-state index contributed by atoms with van der Waals surface area (Å²) < 4.78 is 0. The molecule has 0 aliphatic carbocycles. The van der Waals surface area contributed by atoms with Crippen molar-refractivity contribution in [3.8, 4) is 0 Å².